The SMILES string of the molecule is CCN(CC(=O)NCc1ccccc1Cl)C1CCNC1. The van der Waals surface area contributed by atoms with Crippen LogP contribution in [0.15, 0.2) is 24.3 Å². The van der Waals surface area contributed by atoms with Crippen molar-refractivity contribution in [3.8, 4) is 0 Å². The number of rotatable bonds is 6. The van der Waals surface area contributed by atoms with Crippen LogP contribution in [0.3, 0.4) is 0 Å². The number of amides is 1. The molecule has 0 saturated carbocycles. The predicted octanol–water partition coefficient (Wildman–Crippen LogP) is 1.64. The largest absolute Gasteiger partial charge is 0.351 e. The van der Waals surface area contributed by atoms with Gasteiger partial charge < -0.3 is 10.6 Å². The molecule has 1 aromatic carbocycles. The number of carbonyl (C=O) groups is 1. The van der Waals surface area contributed by atoms with Crippen molar-refractivity contribution in [2.75, 3.05) is 26.2 Å². The lowest BCUT2D eigenvalue weighted by Gasteiger charge is -2.26. The fraction of sp³-hybridized carbons (Fsp3) is 0.533. The van der Waals surface area contributed by atoms with Crippen LogP contribution in [0, 0.1) is 0 Å². The Hall–Kier alpha value is -1.10. The molecule has 1 atom stereocenters. The van der Waals surface area contributed by atoms with Crippen LogP contribution in [0.4, 0.5) is 0 Å². The third-order valence-electron chi connectivity index (χ3n) is 3.74. The van der Waals surface area contributed by atoms with Crippen LogP contribution in [-0.4, -0.2) is 43.0 Å². The Bertz CT molecular complexity index is 446. The Kier molecular flexibility index (Phi) is 5.83. The van der Waals surface area contributed by atoms with Crippen LogP contribution in [0.1, 0.15) is 18.9 Å². The number of halogens is 1. The van der Waals surface area contributed by atoms with Crippen LogP contribution in [0.25, 0.3) is 0 Å². The van der Waals surface area contributed by atoms with Gasteiger partial charge in [-0.3, -0.25) is 9.69 Å². The highest BCUT2D eigenvalue weighted by atomic mass is 35.5. The van der Waals surface area contributed by atoms with E-state index in [4.69, 9.17) is 11.6 Å². The summed E-state index contributed by atoms with van der Waals surface area (Å²) in [5.74, 6) is 0.0543. The minimum atomic E-state index is 0.0543. The number of benzene rings is 1. The van der Waals surface area contributed by atoms with Gasteiger partial charge >= 0.3 is 0 Å². The molecule has 1 amide bonds. The topological polar surface area (TPSA) is 44.4 Å². The second-order valence-electron chi connectivity index (χ2n) is 5.08. The average molecular weight is 296 g/mol. The molecule has 2 rings (SSSR count). The van der Waals surface area contributed by atoms with Gasteiger partial charge in [0, 0.05) is 24.2 Å². The molecule has 1 fully saturated rings. The summed E-state index contributed by atoms with van der Waals surface area (Å²) in [4.78, 5) is 14.3. The molecule has 110 valence electrons. The number of nitrogens with zero attached hydrogens (tertiary/aromatic N) is 1. The Morgan fingerprint density at radius 1 is 1.50 bits per heavy atom. The molecule has 1 aliphatic rings. The van der Waals surface area contributed by atoms with Crippen molar-refractivity contribution in [2.24, 2.45) is 0 Å². The highest BCUT2D eigenvalue weighted by Gasteiger charge is 2.22. The molecule has 1 heterocycles. The molecule has 4 nitrogen and oxygen atoms in total. The van der Waals surface area contributed by atoms with E-state index in [2.05, 4.69) is 22.5 Å². The number of hydrogen-bond acceptors (Lipinski definition) is 3. The van der Waals surface area contributed by atoms with Crippen molar-refractivity contribution >= 4 is 17.5 Å². The molecule has 1 aromatic rings. The minimum Gasteiger partial charge on any atom is -0.351 e. The van der Waals surface area contributed by atoms with Crippen LogP contribution >= 0.6 is 11.6 Å². The van der Waals surface area contributed by atoms with Gasteiger partial charge in [-0.2, -0.15) is 0 Å². The van der Waals surface area contributed by atoms with E-state index in [0.29, 0.717) is 24.2 Å². The Morgan fingerprint density at radius 3 is 2.95 bits per heavy atom. The van der Waals surface area contributed by atoms with Crippen molar-refractivity contribution in [1.82, 2.24) is 15.5 Å². The van der Waals surface area contributed by atoms with Gasteiger partial charge in [0.15, 0.2) is 0 Å². The first kappa shape index (κ1) is 15.3. The van der Waals surface area contributed by atoms with E-state index in [1.165, 1.54) is 0 Å². The molecule has 20 heavy (non-hydrogen) atoms. The van der Waals surface area contributed by atoms with Gasteiger partial charge in [-0.15, -0.1) is 0 Å². The van der Waals surface area contributed by atoms with E-state index in [-0.39, 0.29) is 5.91 Å². The highest BCUT2D eigenvalue weighted by Crippen LogP contribution is 2.14. The summed E-state index contributed by atoms with van der Waals surface area (Å²) in [5, 5.41) is 6.97. The van der Waals surface area contributed by atoms with E-state index in [0.717, 1.165) is 31.6 Å². The Morgan fingerprint density at radius 2 is 2.30 bits per heavy atom. The lowest BCUT2D eigenvalue weighted by molar-refractivity contribution is -0.122. The first-order valence-corrected chi connectivity index (χ1v) is 7.53. The summed E-state index contributed by atoms with van der Waals surface area (Å²) in [7, 11) is 0. The third-order valence-corrected chi connectivity index (χ3v) is 4.11. The molecular formula is C15H22ClN3O. The summed E-state index contributed by atoms with van der Waals surface area (Å²) >= 11 is 6.07. The Labute approximate surface area is 125 Å². The van der Waals surface area contributed by atoms with Crippen LogP contribution in [-0.2, 0) is 11.3 Å². The van der Waals surface area contributed by atoms with Gasteiger partial charge in [-0.25, -0.2) is 0 Å². The number of carbonyl (C=O) groups excluding carboxylic acids is 1. The van der Waals surface area contributed by atoms with E-state index < -0.39 is 0 Å². The smallest absolute Gasteiger partial charge is 0.234 e. The zero-order valence-corrected chi connectivity index (χ0v) is 12.6. The third kappa shape index (κ3) is 4.20. The zero-order chi connectivity index (χ0) is 14.4. The quantitative estimate of drug-likeness (QED) is 0.839. The van der Waals surface area contributed by atoms with Crippen LogP contribution in [0.5, 0.6) is 0 Å². The maximum absolute atomic E-state index is 12.0. The second-order valence-corrected chi connectivity index (χ2v) is 5.49. The summed E-state index contributed by atoms with van der Waals surface area (Å²) < 4.78 is 0. The summed E-state index contributed by atoms with van der Waals surface area (Å²) in [5.41, 5.74) is 0.952. The fourth-order valence-corrected chi connectivity index (χ4v) is 2.73. The molecule has 0 spiro atoms. The molecule has 0 bridgehead atoms. The first-order valence-electron chi connectivity index (χ1n) is 7.15. The molecule has 2 N–H and O–H groups in total. The molecule has 5 heteroatoms. The van der Waals surface area contributed by atoms with E-state index in [1.807, 2.05) is 24.3 Å². The number of nitrogens with one attached hydrogen (secondary N) is 2. The molecule has 0 aromatic heterocycles. The monoisotopic (exact) mass is 295 g/mol. The average Bonchev–Trinajstić information content (AvgIpc) is 2.98. The maximum Gasteiger partial charge on any atom is 0.234 e. The van der Waals surface area contributed by atoms with E-state index in [9.17, 15) is 4.79 Å². The zero-order valence-electron chi connectivity index (χ0n) is 11.9. The van der Waals surface area contributed by atoms with Crippen molar-refractivity contribution in [2.45, 2.75) is 25.9 Å². The first-order chi connectivity index (χ1) is 9.70. The van der Waals surface area contributed by atoms with Gasteiger partial charge in [0.25, 0.3) is 0 Å². The normalized spacial score (nSPS) is 18.4. The summed E-state index contributed by atoms with van der Waals surface area (Å²) in [6.45, 7) is 5.95. The molecule has 0 radical (unpaired) electrons. The van der Waals surface area contributed by atoms with Crippen molar-refractivity contribution in [3.05, 3.63) is 34.9 Å². The summed E-state index contributed by atoms with van der Waals surface area (Å²) in [6, 6.07) is 8.06. The predicted molar refractivity (Wildman–Crippen MR) is 81.8 cm³/mol. The van der Waals surface area contributed by atoms with Crippen LogP contribution < -0.4 is 10.6 Å². The molecule has 0 aliphatic carbocycles. The fourth-order valence-electron chi connectivity index (χ4n) is 2.53. The van der Waals surface area contributed by atoms with Crippen molar-refractivity contribution in [3.63, 3.8) is 0 Å². The summed E-state index contributed by atoms with van der Waals surface area (Å²) in [6.07, 6.45) is 1.12. The van der Waals surface area contributed by atoms with Gasteiger partial charge in [0.05, 0.1) is 6.54 Å². The molecule has 1 aliphatic heterocycles. The van der Waals surface area contributed by atoms with Gasteiger partial charge in [0.1, 0.15) is 0 Å². The maximum atomic E-state index is 12.0. The van der Waals surface area contributed by atoms with Gasteiger partial charge in [-0.1, -0.05) is 36.7 Å². The second kappa shape index (κ2) is 7.62. The number of likely N-dealkylation sites (N-methyl/N-ethyl adjacent to an activating group) is 1. The molecule has 1 unspecified atom stereocenters. The van der Waals surface area contributed by atoms with Crippen molar-refractivity contribution < 1.29 is 4.79 Å². The minimum absolute atomic E-state index is 0.0543. The van der Waals surface area contributed by atoms with Crippen LogP contribution in [0.2, 0.25) is 5.02 Å². The lowest BCUT2D eigenvalue weighted by atomic mass is 10.2. The van der Waals surface area contributed by atoms with E-state index >= 15 is 0 Å². The highest BCUT2D eigenvalue weighted by molar-refractivity contribution is 6.31. The number of hydrogen-bond donors (Lipinski definition) is 2. The van der Waals surface area contributed by atoms with Gasteiger partial charge in [-0.05, 0) is 31.1 Å². The van der Waals surface area contributed by atoms with Crippen molar-refractivity contribution in [1.29, 1.82) is 0 Å². The lowest BCUT2D eigenvalue weighted by Crippen LogP contribution is -2.43. The molecule has 1 saturated heterocycles. The van der Waals surface area contributed by atoms with E-state index in [1.54, 1.807) is 0 Å². The molecular weight excluding hydrogens is 274 g/mol. The Balaban J connectivity index is 1.81. The standard InChI is InChI=1S/C15H22ClN3O/c1-2-19(13-7-8-17-10-13)11-15(20)18-9-12-5-3-4-6-14(12)16/h3-6,13,17H,2,7-11H2,1H3,(H,18,20). The van der Waals surface area contributed by atoms with Gasteiger partial charge in [0.2, 0.25) is 5.91 Å².